The van der Waals surface area contributed by atoms with Gasteiger partial charge in [0.1, 0.15) is 11.6 Å². The van der Waals surface area contributed by atoms with Crippen LogP contribution < -0.4 is 5.32 Å². The number of likely N-dealkylation sites (tertiary alicyclic amines) is 1. The molecule has 1 saturated heterocycles. The van der Waals surface area contributed by atoms with Crippen molar-refractivity contribution in [3.8, 4) is 0 Å². The number of hydrogen-bond donors (Lipinski definition) is 1. The van der Waals surface area contributed by atoms with Crippen molar-refractivity contribution in [2.24, 2.45) is 0 Å². The Bertz CT molecular complexity index is 788. The molecule has 0 saturated carbocycles. The highest BCUT2D eigenvalue weighted by Gasteiger charge is 2.34. The predicted molar refractivity (Wildman–Crippen MR) is 89.7 cm³/mol. The SMILES string of the molecule is C=CC(=O)Nc1ccc(C(=O)N2CC(n3nc(C)nc3C)C2)cc1. The Balaban J connectivity index is 1.61. The van der Waals surface area contributed by atoms with Crippen LogP contribution in [-0.2, 0) is 4.79 Å². The number of nitrogens with zero attached hydrogens (tertiary/aromatic N) is 4. The molecule has 1 aromatic heterocycles. The quantitative estimate of drug-likeness (QED) is 0.868. The van der Waals surface area contributed by atoms with Crippen LogP contribution in [0.5, 0.6) is 0 Å². The van der Waals surface area contributed by atoms with Gasteiger partial charge in [0, 0.05) is 24.3 Å². The number of carbonyl (C=O) groups excluding carboxylic acids is 2. The van der Waals surface area contributed by atoms with Gasteiger partial charge in [0.25, 0.3) is 5.91 Å². The van der Waals surface area contributed by atoms with Gasteiger partial charge < -0.3 is 10.2 Å². The third-order valence-electron chi connectivity index (χ3n) is 3.99. The van der Waals surface area contributed by atoms with Crippen LogP contribution >= 0.6 is 0 Å². The Morgan fingerprint density at radius 1 is 1.25 bits per heavy atom. The van der Waals surface area contributed by atoms with E-state index in [1.807, 2.05) is 18.5 Å². The fourth-order valence-electron chi connectivity index (χ4n) is 2.73. The van der Waals surface area contributed by atoms with Gasteiger partial charge >= 0.3 is 0 Å². The minimum absolute atomic E-state index is 0.0256. The summed E-state index contributed by atoms with van der Waals surface area (Å²) in [6, 6.07) is 7.01. The first-order chi connectivity index (χ1) is 11.5. The van der Waals surface area contributed by atoms with Crippen LogP contribution in [-0.4, -0.2) is 44.6 Å². The smallest absolute Gasteiger partial charge is 0.254 e. The largest absolute Gasteiger partial charge is 0.334 e. The summed E-state index contributed by atoms with van der Waals surface area (Å²) in [6.07, 6.45) is 1.20. The second-order valence-corrected chi connectivity index (χ2v) is 5.79. The normalized spacial score (nSPS) is 14.2. The fourth-order valence-corrected chi connectivity index (χ4v) is 2.73. The van der Waals surface area contributed by atoms with E-state index in [4.69, 9.17) is 0 Å². The van der Waals surface area contributed by atoms with E-state index in [1.165, 1.54) is 6.08 Å². The lowest BCUT2D eigenvalue weighted by molar-refractivity contribution is -0.111. The van der Waals surface area contributed by atoms with Crippen molar-refractivity contribution in [3.05, 3.63) is 54.1 Å². The first-order valence-corrected chi connectivity index (χ1v) is 7.70. The average molecular weight is 325 g/mol. The number of anilines is 1. The molecule has 2 amide bonds. The van der Waals surface area contributed by atoms with Gasteiger partial charge in [0.05, 0.1) is 6.04 Å². The second kappa shape index (κ2) is 6.27. The Hall–Kier alpha value is -2.96. The van der Waals surface area contributed by atoms with Crippen molar-refractivity contribution >= 4 is 17.5 Å². The summed E-state index contributed by atoms with van der Waals surface area (Å²) in [4.78, 5) is 29.8. The lowest BCUT2D eigenvalue weighted by Gasteiger charge is -2.39. The summed E-state index contributed by atoms with van der Waals surface area (Å²) >= 11 is 0. The summed E-state index contributed by atoms with van der Waals surface area (Å²) in [7, 11) is 0. The van der Waals surface area contributed by atoms with Crippen molar-refractivity contribution in [1.29, 1.82) is 0 Å². The third-order valence-corrected chi connectivity index (χ3v) is 3.99. The van der Waals surface area contributed by atoms with Crippen LogP contribution in [0.1, 0.15) is 28.0 Å². The molecular formula is C17H19N5O2. The highest BCUT2D eigenvalue weighted by atomic mass is 16.2. The molecule has 0 bridgehead atoms. The number of hydrogen-bond acceptors (Lipinski definition) is 4. The summed E-state index contributed by atoms with van der Waals surface area (Å²) in [5, 5.41) is 7.02. The molecule has 0 radical (unpaired) electrons. The van der Waals surface area contributed by atoms with Gasteiger partial charge in [-0.1, -0.05) is 6.58 Å². The van der Waals surface area contributed by atoms with E-state index in [9.17, 15) is 9.59 Å². The monoisotopic (exact) mass is 325 g/mol. The molecule has 124 valence electrons. The molecule has 1 fully saturated rings. The number of aromatic nitrogens is 3. The van der Waals surface area contributed by atoms with Gasteiger partial charge in [-0.3, -0.25) is 9.59 Å². The zero-order chi connectivity index (χ0) is 17.3. The maximum Gasteiger partial charge on any atom is 0.254 e. The van der Waals surface area contributed by atoms with E-state index in [0.29, 0.717) is 24.3 Å². The van der Waals surface area contributed by atoms with E-state index in [1.54, 1.807) is 29.2 Å². The average Bonchev–Trinajstić information content (AvgIpc) is 2.84. The minimum atomic E-state index is -0.279. The van der Waals surface area contributed by atoms with Gasteiger partial charge in [-0.2, -0.15) is 5.10 Å². The molecule has 3 rings (SSSR count). The number of benzene rings is 1. The van der Waals surface area contributed by atoms with Gasteiger partial charge in [0.15, 0.2) is 0 Å². The topological polar surface area (TPSA) is 80.1 Å². The number of amides is 2. The lowest BCUT2D eigenvalue weighted by atomic mass is 10.1. The highest BCUT2D eigenvalue weighted by molar-refractivity contribution is 5.99. The maximum absolute atomic E-state index is 12.5. The van der Waals surface area contributed by atoms with Crippen molar-refractivity contribution in [2.75, 3.05) is 18.4 Å². The third kappa shape index (κ3) is 3.05. The van der Waals surface area contributed by atoms with E-state index < -0.39 is 0 Å². The van der Waals surface area contributed by atoms with Gasteiger partial charge in [-0.05, 0) is 44.2 Å². The first kappa shape index (κ1) is 15.9. The van der Waals surface area contributed by atoms with Crippen molar-refractivity contribution in [3.63, 3.8) is 0 Å². The van der Waals surface area contributed by atoms with Crippen LogP contribution in [0.25, 0.3) is 0 Å². The summed E-state index contributed by atoms with van der Waals surface area (Å²) < 4.78 is 1.88. The number of aryl methyl sites for hydroxylation is 2. The molecule has 0 spiro atoms. The predicted octanol–water partition coefficient (Wildman–Crippen LogP) is 1.72. The molecule has 1 aromatic carbocycles. The Kier molecular flexibility index (Phi) is 4.16. The zero-order valence-electron chi connectivity index (χ0n) is 13.7. The Morgan fingerprint density at radius 3 is 2.46 bits per heavy atom. The summed E-state index contributed by atoms with van der Waals surface area (Å²) in [6.45, 7) is 8.42. The van der Waals surface area contributed by atoms with Crippen LogP contribution in [0.15, 0.2) is 36.9 Å². The molecule has 1 aliphatic rings. The molecule has 24 heavy (non-hydrogen) atoms. The number of nitrogens with one attached hydrogen (secondary N) is 1. The Labute approximate surface area is 140 Å². The molecular weight excluding hydrogens is 306 g/mol. The van der Waals surface area contributed by atoms with E-state index >= 15 is 0 Å². The van der Waals surface area contributed by atoms with Gasteiger partial charge in [-0.25, -0.2) is 9.67 Å². The summed E-state index contributed by atoms with van der Waals surface area (Å²) in [5.41, 5.74) is 1.23. The van der Waals surface area contributed by atoms with Gasteiger partial charge in [0.2, 0.25) is 5.91 Å². The zero-order valence-corrected chi connectivity index (χ0v) is 13.7. The van der Waals surface area contributed by atoms with Gasteiger partial charge in [-0.15, -0.1) is 0 Å². The first-order valence-electron chi connectivity index (χ1n) is 7.70. The van der Waals surface area contributed by atoms with E-state index in [0.717, 1.165) is 11.6 Å². The molecule has 7 nitrogen and oxygen atoms in total. The molecule has 0 atom stereocenters. The molecule has 0 aliphatic carbocycles. The maximum atomic E-state index is 12.5. The molecule has 2 aromatic rings. The number of carbonyl (C=O) groups is 2. The second-order valence-electron chi connectivity index (χ2n) is 5.79. The number of rotatable bonds is 4. The van der Waals surface area contributed by atoms with Crippen molar-refractivity contribution in [1.82, 2.24) is 19.7 Å². The fraction of sp³-hybridized carbons (Fsp3) is 0.294. The molecule has 1 N–H and O–H groups in total. The Morgan fingerprint density at radius 2 is 1.92 bits per heavy atom. The lowest BCUT2D eigenvalue weighted by Crippen LogP contribution is -2.51. The summed E-state index contributed by atoms with van der Waals surface area (Å²) in [5.74, 6) is 1.31. The minimum Gasteiger partial charge on any atom is -0.334 e. The molecule has 7 heteroatoms. The van der Waals surface area contributed by atoms with Crippen molar-refractivity contribution < 1.29 is 9.59 Å². The highest BCUT2D eigenvalue weighted by Crippen LogP contribution is 2.24. The van der Waals surface area contributed by atoms with E-state index in [2.05, 4.69) is 22.0 Å². The van der Waals surface area contributed by atoms with Crippen LogP contribution in [0.4, 0.5) is 5.69 Å². The molecule has 0 unspecified atom stereocenters. The van der Waals surface area contributed by atoms with Crippen LogP contribution in [0.2, 0.25) is 0 Å². The van der Waals surface area contributed by atoms with Crippen LogP contribution in [0, 0.1) is 13.8 Å². The van der Waals surface area contributed by atoms with Crippen molar-refractivity contribution in [2.45, 2.75) is 19.9 Å². The molecule has 1 aliphatic heterocycles. The standard InChI is InChI=1S/C17H19N5O2/c1-4-16(23)19-14-7-5-13(6-8-14)17(24)21-9-15(10-21)22-12(3)18-11(2)20-22/h4-8,15H,1,9-10H2,2-3H3,(H,19,23). The van der Waals surface area contributed by atoms with E-state index in [-0.39, 0.29) is 17.9 Å². The van der Waals surface area contributed by atoms with Crippen LogP contribution in [0.3, 0.4) is 0 Å². The molecule has 2 heterocycles.